The SMILES string of the molecule is CCOc1ccc(/C=C(\C#N)c2ccc(Cl)cc2Cl)c(OCC)c1. The molecule has 5 heteroatoms. The molecule has 2 rings (SSSR count). The predicted octanol–water partition coefficient (Wildman–Crippen LogP) is 5.85. The van der Waals surface area contributed by atoms with Crippen molar-refractivity contribution in [1.29, 1.82) is 5.26 Å². The van der Waals surface area contributed by atoms with E-state index in [0.29, 0.717) is 40.1 Å². The zero-order valence-corrected chi connectivity index (χ0v) is 15.0. The molecule has 0 spiro atoms. The van der Waals surface area contributed by atoms with Gasteiger partial charge in [-0.1, -0.05) is 29.3 Å². The molecule has 0 radical (unpaired) electrons. The molecule has 0 unspecified atom stereocenters. The average molecular weight is 362 g/mol. The number of hydrogen-bond acceptors (Lipinski definition) is 3. The number of nitrogens with zero attached hydrogens (tertiary/aromatic N) is 1. The molecule has 0 atom stereocenters. The Hall–Kier alpha value is -2.15. The van der Waals surface area contributed by atoms with Crippen LogP contribution >= 0.6 is 23.2 Å². The third-order valence-corrected chi connectivity index (χ3v) is 3.79. The minimum absolute atomic E-state index is 0.430. The fraction of sp³-hybridized carbons (Fsp3) is 0.211. The third-order valence-electron chi connectivity index (χ3n) is 3.24. The largest absolute Gasteiger partial charge is 0.494 e. The second kappa shape index (κ2) is 8.63. The molecule has 0 amide bonds. The normalized spacial score (nSPS) is 11.0. The topological polar surface area (TPSA) is 42.2 Å². The first-order chi connectivity index (χ1) is 11.6. The van der Waals surface area contributed by atoms with E-state index in [1.54, 1.807) is 24.3 Å². The van der Waals surface area contributed by atoms with Gasteiger partial charge in [0.25, 0.3) is 0 Å². The van der Waals surface area contributed by atoms with Crippen molar-refractivity contribution in [3.63, 3.8) is 0 Å². The molecule has 24 heavy (non-hydrogen) atoms. The summed E-state index contributed by atoms with van der Waals surface area (Å²) >= 11 is 12.1. The highest BCUT2D eigenvalue weighted by molar-refractivity contribution is 6.36. The van der Waals surface area contributed by atoms with Crippen LogP contribution in [0.2, 0.25) is 10.0 Å². The van der Waals surface area contributed by atoms with Crippen molar-refractivity contribution < 1.29 is 9.47 Å². The smallest absolute Gasteiger partial charge is 0.130 e. The van der Waals surface area contributed by atoms with Crippen molar-refractivity contribution in [3.05, 3.63) is 57.6 Å². The molecule has 2 aromatic carbocycles. The van der Waals surface area contributed by atoms with E-state index in [1.807, 2.05) is 32.0 Å². The number of halogens is 2. The molecule has 0 saturated carbocycles. The van der Waals surface area contributed by atoms with Crippen molar-refractivity contribution in [2.24, 2.45) is 0 Å². The van der Waals surface area contributed by atoms with Gasteiger partial charge in [-0.15, -0.1) is 0 Å². The molecule has 0 N–H and O–H groups in total. The summed E-state index contributed by atoms with van der Waals surface area (Å²) in [6, 6.07) is 12.8. The molecule has 0 saturated heterocycles. The number of benzene rings is 2. The van der Waals surface area contributed by atoms with Crippen LogP contribution in [0.25, 0.3) is 11.6 Å². The van der Waals surface area contributed by atoms with E-state index in [2.05, 4.69) is 6.07 Å². The van der Waals surface area contributed by atoms with Crippen LogP contribution in [0.15, 0.2) is 36.4 Å². The Morgan fingerprint density at radius 3 is 2.46 bits per heavy atom. The van der Waals surface area contributed by atoms with Gasteiger partial charge in [-0.05, 0) is 44.2 Å². The van der Waals surface area contributed by atoms with E-state index >= 15 is 0 Å². The van der Waals surface area contributed by atoms with Crippen molar-refractivity contribution in [2.45, 2.75) is 13.8 Å². The first kappa shape index (κ1) is 18.2. The zero-order chi connectivity index (χ0) is 17.5. The van der Waals surface area contributed by atoms with Crippen LogP contribution < -0.4 is 9.47 Å². The summed E-state index contributed by atoms with van der Waals surface area (Å²) in [5, 5.41) is 10.5. The van der Waals surface area contributed by atoms with Crippen LogP contribution in [0, 0.1) is 11.3 Å². The van der Waals surface area contributed by atoms with Crippen LogP contribution in [0.5, 0.6) is 11.5 Å². The maximum absolute atomic E-state index is 9.52. The highest BCUT2D eigenvalue weighted by Crippen LogP contribution is 2.32. The van der Waals surface area contributed by atoms with E-state index in [-0.39, 0.29) is 0 Å². The maximum Gasteiger partial charge on any atom is 0.130 e. The second-order valence-electron chi connectivity index (χ2n) is 4.86. The Morgan fingerprint density at radius 2 is 1.83 bits per heavy atom. The Bertz CT molecular complexity index is 794. The van der Waals surface area contributed by atoms with Crippen LogP contribution in [0.4, 0.5) is 0 Å². The van der Waals surface area contributed by atoms with Crippen molar-refractivity contribution in [3.8, 4) is 17.6 Å². The predicted molar refractivity (Wildman–Crippen MR) is 98.7 cm³/mol. The van der Waals surface area contributed by atoms with E-state index in [1.165, 1.54) is 0 Å². The monoisotopic (exact) mass is 361 g/mol. The summed E-state index contributed by atoms with van der Waals surface area (Å²) in [4.78, 5) is 0. The van der Waals surface area contributed by atoms with E-state index < -0.39 is 0 Å². The number of rotatable bonds is 6. The van der Waals surface area contributed by atoms with Gasteiger partial charge in [0.05, 0.1) is 29.9 Å². The molecule has 2 aromatic rings. The third kappa shape index (κ3) is 4.44. The number of ether oxygens (including phenoxy) is 2. The number of hydrogen-bond donors (Lipinski definition) is 0. The molecule has 0 heterocycles. The summed E-state index contributed by atoms with van der Waals surface area (Å²) in [6.07, 6.45) is 1.75. The molecule has 0 bridgehead atoms. The summed E-state index contributed by atoms with van der Waals surface area (Å²) in [7, 11) is 0. The zero-order valence-electron chi connectivity index (χ0n) is 13.5. The van der Waals surface area contributed by atoms with Crippen LogP contribution in [-0.2, 0) is 0 Å². The highest BCUT2D eigenvalue weighted by atomic mass is 35.5. The van der Waals surface area contributed by atoms with E-state index in [0.717, 1.165) is 11.3 Å². The molecule has 0 aliphatic rings. The summed E-state index contributed by atoms with van der Waals surface area (Å²) in [5.74, 6) is 1.38. The molecule has 0 fully saturated rings. The van der Waals surface area contributed by atoms with Crippen molar-refractivity contribution in [2.75, 3.05) is 13.2 Å². The lowest BCUT2D eigenvalue weighted by atomic mass is 10.0. The first-order valence-corrected chi connectivity index (χ1v) is 8.31. The molecule has 0 aliphatic heterocycles. The highest BCUT2D eigenvalue weighted by Gasteiger charge is 2.10. The molecule has 3 nitrogen and oxygen atoms in total. The average Bonchev–Trinajstić information content (AvgIpc) is 2.55. The Labute approximate surface area is 152 Å². The quantitative estimate of drug-likeness (QED) is 0.478. The fourth-order valence-corrected chi connectivity index (χ4v) is 2.71. The van der Waals surface area contributed by atoms with Crippen molar-refractivity contribution in [1.82, 2.24) is 0 Å². The fourth-order valence-electron chi connectivity index (χ4n) is 2.20. The van der Waals surface area contributed by atoms with Gasteiger partial charge in [0.15, 0.2) is 0 Å². The van der Waals surface area contributed by atoms with Gasteiger partial charge in [-0.3, -0.25) is 0 Å². The van der Waals surface area contributed by atoms with Crippen LogP contribution in [0.1, 0.15) is 25.0 Å². The van der Waals surface area contributed by atoms with Crippen LogP contribution in [0.3, 0.4) is 0 Å². The van der Waals surface area contributed by atoms with Crippen LogP contribution in [-0.4, -0.2) is 13.2 Å². The van der Waals surface area contributed by atoms with Gasteiger partial charge in [0, 0.05) is 22.2 Å². The summed E-state index contributed by atoms with van der Waals surface area (Å²) < 4.78 is 11.2. The second-order valence-corrected chi connectivity index (χ2v) is 5.70. The Kier molecular flexibility index (Phi) is 6.54. The lowest BCUT2D eigenvalue weighted by molar-refractivity contribution is 0.322. The van der Waals surface area contributed by atoms with Gasteiger partial charge < -0.3 is 9.47 Å². The molecule has 124 valence electrons. The first-order valence-electron chi connectivity index (χ1n) is 7.55. The number of nitriles is 1. The summed E-state index contributed by atoms with van der Waals surface area (Å²) in [6.45, 7) is 4.91. The summed E-state index contributed by atoms with van der Waals surface area (Å²) in [5.41, 5.74) is 1.84. The van der Waals surface area contributed by atoms with Gasteiger partial charge in [-0.25, -0.2) is 0 Å². The Balaban J connectivity index is 2.48. The molecular weight excluding hydrogens is 345 g/mol. The molecule has 0 aromatic heterocycles. The number of allylic oxidation sites excluding steroid dienone is 1. The standard InChI is InChI=1S/C19H17Cl2NO2/c1-3-23-16-7-5-13(19(11-16)24-4-2)9-14(12-22)17-8-6-15(20)10-18(17)21/h5-11H,3-4H2,1-2H3/b14-9+. The van der Waals surface area contributed by atoms with Gasteiger partial charge in [0.1, 0.15) is 11.5 Å². The van der Waals surface area contributed by atoms with Gasteiger partial charge >= 0.3 is 0 Å². The molecular formula is C19H17Cl2NO2. The van der Waals surface area contributed by atoms with Crippen molar-refractivity contribution >= 4 is 34.9 Å². The minimum atomic E-state index is 0.430. The molecule has 0 aliphatic carbocycles. The lowest BCUT2D eigenvalue weighted by Gasteiger charge is -2.11. The Morgan fingerprint density at radius 1 is 1.08 bits per heavy atom. The maximum atomic E-state index is 9.52. The van der Waals surface area contributed by atoms with E-state index in [4.69, 9.17) is 32.7 Å². The van der Waals surface area contributed by atoms with E-state index in [9.17, 15) is 5.26 Å². The van der Waals surface area contributed by atoms with Gasteiger partial charge in [0.2, 0.25) is 0 Å². The lowest BCUT2D eigenvalue weighted by Crippen LogP contribution is -1.97. The van der Waals surface area contributed by atoms with Gasteiger partial charge in [-0.2, -0.15) is 5.26 Å². The minimum Gasteiger partial charge on any atom is -0.494 e.